The average molecular weight is 301 g/mol. The van der Waals surface area contributed by atoms with Crippen LogP contribution in [0.15, 0.2) is 66.3 Å². The molecule has 0 aliphatic rings. The van der Waals surface area contributed by atoms with Crippen LogP contribution in [0.25, 0.3) is 0 Å². The lowest BCUT2D eigenvalue weighted by atomic mass is 10.2. The molecule has 0 saturated carbocycles. The van der Waals surface area contributed by atoms with Gasteiger partial charge in [0.15, 0.2) is 0 Å². The predicted molar refractivity (Wildman–Crippen MR) is 88.0 cm³/mol. The zero-order chi connectivity index (χ0) is 14.9. The minimum atomic E-state index is 0.470. The summed E-state index contributed by atoms with van der Waals surface area (Å²) in [5, 5.41) is 4.94. The third kappa shape index (κ3) is 4.65. The maximum Gasteiger partial charge on any atom is 0.128 e. The summed E-state index contributed by atoms with van der Waals surface area (Å²) >= 11 is 6.08. The van der Waals surface area contributed by atoms with Gasteiger partial charge in [0.25, 0.3) is 0 Å². The summed E-state index contributed by atoms with van der Waals surface area (Å²) in [6.45, 7) is 4.68. The maximum atomic E-state index is 6.08. The molecule has 0 unspecified atom stereocenters. The molecule has 3 nitrogen and oxygen atoms in total. The predicted octanol–water partition coefficient (Wildman–Crippen LogP) is 4.03. The first-order chi connectivity index (χ1) is 10.3. The van der Waals surface area contributed by atoms with E-state index in [0.717, 1.165) is 21.9 Å². The molecule has 0 heterocycles. The van der Waals surface area contributed by atoms with Crippen molar-refractivity contribution in [3.63, 3.8) is 0 Å². The molecule has 0 fully saturated rings. The Morgan fingerprint density at radius 1 is 1.14 bits per heavy atom. The first-order valence-electron chi connectivity index (χ1n) is 6.63. The van der Waals surface area contributed by atoms with E-state index in [-0.39, 0.29) is 0 Å². The molecule has 2 aromatic carbocycles. The van der Waals surface area contributed by atoms with Gasteiger partial charge in [-0.3, -0.25) is 0 Å². The maximum absolute atomic E-state index is 6.08. The molecular weight excluding hydrogens is 284 g/mol. The van der Waals surface area contributed by atoms with Gasteiger partial charge in [0.2, 0.25) is 0 Å². The second-order valence-corrected chi connectivity index (χ2v) is 4.73. The Labute approximate surface area is 129 Å². The van der Waals surface area contributed by atoms with E-state index in [1.165, 1.54) is 0 Å². The van der Waals surface area contributed by atoms with Crippen LogP contribution in [0.4, 0.5) is 0 Å². The fourth-order valence-electron chi connectivity index (χ4n) is 1.76. The Balaban J connectivity index is 1.95. The Bertz CT molecular complexity index is 626. The highest BCUT2D eigenvalue weighted by molar-refractivity contribution is 6.31. The average Bonchev–Trinajstić information content (AvgIpc) is 2.52. The van der Waals surface area contributed by atoms with Gasteiger partial charge in [-0.25, -0.2) is 0 Å². The SMILES string of the molecule is C=CCOc1ccccc1/C=N\NCc1ccccc1Cl. The summed E-state index contributed by atoms with van der Waals surface area (Å²) in [6.07, 6.45) is 3.44. The van der Waals surface area contributed by atoms with Crippen molar-refractivity contribution >= 4 is 17.8 Å². The van der Waals surface area contributed by atoms with Gasteiger partial charge in [0.1, 0.15) is 12.4 Å². The summed E-state index contributed by atoms with van der Waals surface area (Å²) in [7, 11) is 0. The number of hydrogen-bond donors (Lipinski definition) is 1. The Morgan fingerprint density at radius 2 is 1.90 bits per heavy atom. The van der Waals surface area contributed by atoms with Crippen LogP contribution in [-0.4, -0.2) is 12.8 Å². The number of halogens is 1. The molecule has 0 spiro atoms. The first kappa shape index (κ1) is 15.1. The monoisotopic (exact) mass is 300 g/mol. The molecule has 0 radical (unpaired) electrons. The normalized spacial score (nSPS) is 10.5. The van der Waals surface area contributed by atoms with E-state index >= 15 is 0 Å². The van der Waals surface area contributed by atoms with Crippen molar-refractivity contribution in [2.24, 2.45) is 5.10 Å². The number of benzene rings is 2. The van der Waals surface area contributed by atoms with Crippen LogP contribution in [0, 0.1) is 0 Å². The van der Waals surface area contributed by atoms with E-state index in [9.17, 15) is 0 Å². The molecule has 0 aromatic heterocycles. The summed E-state index contributed by atoms with van der Waals surface area (Å²) in [5.41, 5.74) is 4.90. The summed E-state index contributed by atoms with van der Waals surface area (Å²) in [4.78, 5) is 0. The highest BCUT2D eigenvalue weighted by atomic mass is 35.5. The van der Waals surface area contributed by atoms with Crippen LogP contribution in [0.5, 0.6) is 5.75 Å². The van der Waals surface area contributed by atoms with Crippen LogP contribution in [0.1, 0.15) is 11.1 Å². The fraction of sp³-hybridized carbons (Fsp3) is 0.118. The number of ether oxygens (including phenoxy) is 1. The quantitative estimate of drug-likeness (QED) is 0.476. The number of rotatable bonds is 7. The molecule has 2 aromatic rings. The summed E-state index contributed by atoms with van der Waals surface area (Å²) in [6, 6.07) is 15.4. The van der Waals surface area contributed by atoms with E-state index in [0.29, 0.717) is 13.2 Å². The van der Waals surface area contributed by atoms with Gasteiger partial charge in [-0.1, -0.05) is 54.6 Å². The molecule has 1 N–H and O–H groups in total. The molecule has 0 atom stereocenters. The van der Waals surface area contributed by atoms with Crippen LogP contribution in [0.3, 0.4) is 0 Å². The van der Waals surface area contributed by atoms with Crippen molar-refractivity contribution in [1.82, 2.24) is 5.43 Å². The van der Waals surface area contributed by atoms with E-state index in [1.807, 2.05) is 48.5 Å². The number of para-hydroxylation sites is 1. The van der Waals surface area contributed by atoms with Crippen molar-refractivity contribution in [3.8, 4) is 5.75 Å². The van der Waals surface area contributed by atoms with Crippen LogP contribution in [0.2, 0.25) is 5.02 Å². The molecule has 4 heteroatoms. The van der Waals surface area contributed by atoms with E-state index in [1.54, 1.807) is 12.3 Å². The lowest BCUT2D eigenvalue weighted by Crippen LogP contribution is -2.06. The third-order valence-electron chi connectivity index (χ3n) is 2.80. The van der Waals surface area contributed by atoms with Crippen molar-refractivity contribution < 1.29 is 4.74 Å². The van der Waals surface area contributed by atoms with E-state index < -0.39 is 0 Å². The Kier molecular flexibility index (Phi) is 5.85. The largest absolute Gasteiger partial charge is 0.489 e. The second-order valence-electron chi connectivity index (χ2n) is 4.32. The van der Waals surface area contributed by atoms with Gasteiger partial charge in [0, 0.05) is 10.6 Å². The molecule has 108 valence electrons. The highest BCUT2D eigenvalue weighted by Gasteiger charge is 1.99. The van der Waals surface area contributed by atoms with Crippen molar-refractivity contribution in [1.29, 1.82) is 0 Å². The van der Waals surface area contributed by atoms with Crippen molar-refractivity contribution in [3.05, 3.63) is 77.3 Å². The summed E-state index contributed by atoms with van der Waals surface area (Å²) in [5.74, 6) is 0.778. The van der Waals surface area contributed by atoms with E-state index in [4.69, 9.17) is 16.3 Å². The lowest BCUT2D eigenvalue weighted by molar-refractivity contribution is 0.362. The molecule has 21 heavy (non-hydrogen) atoms. The Morgan fingerprint density at radius 3 is 2.71 bits per heavy atom. The number of nitrogens with one attached hydrogen (secondary N) is 1. The fourth-order valence-corrected chi connectivity index (χ4v) is 1.96. The molecule has 2 rings (SSSR count). The van der Waals surface area contributed by atoms with Crippen LogP contribution >= 0.6 is 11.6 Å². The molecule has 0 aliphatic heterocycles. The van der Waals surface area contributed by atoms with Gasteiger partial charge in [-0.2, -0.15) is 5.10 Å². The zero-order valence-corrected chi connectivity index (χ0v) is 12.4. The topological polar surface area (TPSA) is 33.6 Å². The molecule has 0 saturated heterocycles. The third-order valence-corrected chi connectivity index (χ3v) is 3.17. The van der Waals surface area contributed by atoms with E-state index in [2.05, 4.69) is 17.1 Å². The smallest absolute Gasteiger partial charge is 0.128 e. The van der Waals surface area contributed by atoms with Gasteiger partial charge < -0.3 is 10.2 Å². The lowest BCUT2D eigenvalue weighted by Gasteiger charge is -2.06. The number of hydrazone groups is 1. The zero-order valence-electron chi connectivity index (χ0n) is 11.6. The van der Waals surface area contributed by atoms with Crippen LogP contribution in [-0.2, 0) is 6.54 Å². The summed E-state index contributed by atoms with van der Waals surface area (Å²) < 4.78 is 5.56. The molecule has 0 bridgehead atoms. The molecule has 0 aliphatic carbocycles. The minimum Gasteiger partial charge on any atom is -0.489 e. The standard InChI is InChI=1S/C17H17ClN2O/c1-2-11-21-17-10-6-4-8-15(17)13-20-19-12-14-7-3-5-9-16(14)18/h2-10,13,19H,1,11-12H2/b20-13-. The second kappa shape index (κ2) is 8.12. The van der Waals surface area contributed by atoms with Gasteiger partial charge in [-0.05, 0) is 23.8 Å². The van der Waals surface area contributed by atoms with Crippen molar-refractivity contribution in [2.75, 3.05) is 6.61 Å². The van der Waals surface area contributed by atoms with Gasteiger partial charge in [0.05, 0.1) is 12.8 Å². The van der Waals surface area contributed by atoms with Gasteiger partial charge >= 0.3 is 0 Å². The first-order valence-corrected chi connectivity index (χ1v) is 7.01. The minimum absolute atomic E-state index is 0.470. The molecule has 0 amide bonds. The van der Waals surface area contributed by atoms with Crippen LogP contribution < -0.4 is 10.2 Å². The van der Waals surface area contributed by atoms with Gasteiger partial charge in [-0.15, -0.1) is 0 Å². The molecular formula is C17H17ClN2O. The number of nitrogens with zero attached hydrogens (tertiary/aromatic N) is 1. The number of hydrogen-bond acceptors (Lipinski definition) is 3. The van der Waals surface area contributed by atoms with Crippen molar-refractivity contribution in [2.45, 2.75) is 6.54 Å². The highest BCUT2D eigenvalue weighted by Crippen LogP contribution is 2.16. The Hall–Kier alpha value is -2.26.